The number of esters is 1. The normalized spacial score (nSPS) is 43.8. The lowest BCUT2D eigenvalue weighted by molar-refractivity contribution is -0.173. The zero-order valence-corrected chi connectivity index (χ0v) is 20.9. The zero-order valence-electron chi connectivity index (χ0n) is 20.9. The van der Waals surface area contributed by atoms with Crippen LogP contribution in [0.4, 0.5) is 0 Å². The van der Waals surface area contributed by atoms with E-state index in [-0.39, 0.29) is 29.0 Å². The van der Waals surface area contributed by atoms with Crippen LogP contribution in [-0.4, -0.2) is 72.9 Å². The van der Waals surface area contributed by atoms with Gasteiger partial charge in [0.2, 0.25) is 0 Å². The third-order valence-electron chi connectivity index (χ3n) is 10.2. The third-order valence-corrected chi connectivity index (χ3v) is 10.2. The molecule has 1 heterocycles. The number of aliphatic hydroxyl groups excluding tert-OH is 1. The molecular formula is C27H46N2O3. The lowest BCUT2D eigenvalue weighted by atomic mass is 9.51. The van der Waals surface area contributed by atoms with Crippen molar-refractivity contribution in [1.82, 2.24) is 9.80 Å². The van der Waals surface area contributed by atoms with Crippen LogP contribution in [-0.2, 0) is 9.53 Å². The van der Waals surface area contributed by atoms with Gasteiger partial charge in [0.25, 0.3) is 0 Å². The SMILES string of the molecule is C=C1CC[C@@H]2[C@H](OC(C)=O)[C@H]([C@@]3(C)CC[C@H](O)C[C@@H]3CCN3CCN(C)CC3)CC[C@]12C. The molecule has 1 aliphatic heterocycles. The van der Waals surface area contributed by atoms with Crippen LogP contribution >= 0.6 is 0 Å². The van der Waals surface area contributed by atoms with Gasteiger partial charge in [-0.25, -0.2) is 0 Å². The van der Waals surface area contributed by atoms with Gasteiger partial charge in [-0.2, -0.15) is 0 Å². The predicted octanol–water partition coefficient (Wildman–Crippen LogP) is 4.11. The summed E-state index contributed by atoms with van der Waals surface area (Å²) in [7, 11) is 2.20. The fraction of sp³-hybridized carbons (Fsp3) is 0.889. The highest BCUT2D eigenvalue weighted by atomic mass is 16.5. The lowest BCUT2D eigenvalue weighted by Gasteiger charge is -2.56. The number of carbonyl (C=O) groups is 1. The number of hydrogen-bond donors (Lipinski definition) is 1. The number of nitrogens with zero attached hydrogens (tertiary/aromatic N) is 2. The first-order chi connectivity index (χ1) is 15.1. The Bertz CT molecular complexity index is 703. The van der Waals surface area contributed by atoms with Gasteiger partial charge in [-0.1, -0.05) is 26.0 Å². The van der Waals surface area contributed by atoms with E-state index < -0.39 is 0 Å². The average Bonchev–Trinajstić information content (AvgIpc) is 3.05. The molecule has 182 valence electrons. The van der Waals surface area contributed by atoms with Crippen LogP contribution in [0.2, 0.25) is 0 Å². The molecule has 3 saturated carbocycles. The molecule has 0 radical (unpaired) electrons. The fourth-order valence-electron chi connectivity index (χ4n) is 7.79. The van der Waals surface area contributed by atoms with E-state index in [1.165, 1.54) is 5.57 Å². The molecule has 0 amide bonds. The molecule has 4 aliphatic rings. The Morgan fingerprint density at radius 1 is 1.12 bits per heavy atom. The molecule has 0 aromatic rings. The summed E-state index contributed by atoms with van der Waals surface area (Å²) in [6.07, 6.45) is 8.14. The molecule has 4 rings (SSSR count). The number of piperazine rings is 1. The molecule has 0 unspecified atom stereocenters. The molecule has 1 saturated heterocycles. The Balaban J connectivity index is 1.54. The van der Waals surface area contributed by atoms with Gasteiger partial charge < -0.3 is 19.6 Å². The highest BCUT2D eigenvalue weighted by Crippen LogP contribution is 2.62. The highest BCUT2D eigenvalue weighted by molar-refractivity contribution is 5.66. The van der Waals surface area contributed by atoms with Gasteiger partial charge in [0.1, 0.15) is 6.10 Å². The van der Waals surface area contributed by atoms with Gasteiger partial charge in [0, 0.05) is 44.9 Å². The number of rotatable bonds is 5. The summed E-state index contributed by atoms with van der Waals surface area (Å²) < 4.78 is 6.17. The minimum atomic E-state index is -0.187. The van der Waals surface area contributed by atoms with Crippen LogP contribution in [0.5, 0.6) is 0 Å². The number of allylic oxidation sites excluding steroid dienone is 1. The summed E-state index contributed by atoms with van der Waals surface area (Å²) in [5, 5.41) is 10.6. The average molecular weight is 447 g/mol. The molecule has 5 heteroatoms. The molecule has 0 spiro atoms. The topological polar surface area (TPSA) is 53.0 Å². The van der Waals surface area contributed by atoms with Gasteiger partial charge in [-0.3, -0.25) is 4.79 Å². The Labute approximate surface area is 195 Å². The zero-order chi connectivity index (χ0) is 23.1. The summed E-state index contributed by atoms with van der Waals surface area (Å²) >= 11 is 0. The van der Waals surface area contributed by atoms with Gasteiger partial charge in [-0.15, -0.1) is 0 Å². The van der Waals surface area contributed by atoms with E-state index >= 15 is 0 Å². The highest BCUT2D eigenvalue weighted by Gasteiger charge is 2.58. The van der Waals surface area contributed by atoms with Gasteiger partial charge in [0.15, 0.2) is 0 Å². The van der Waals surface area contributed by atoms with E-state index in [1.807, 2.05) is 0 Å². The second-order valence-electron chi connectivity index (χ2n) is 11.9. The number of fused-ring (bicyclic) bond motifs is 1. The maximum atomic E-state index is 12.2. The standard InChI is InChI=1S/C27H46N2O3/c1-19-6-7-23-25(32-20(2)30)24(9-12-26(19,23)3)27(4)11-8-22(31)18-21(27)10-13-29-16-14-28(5)15-17-29/h21-25,31H,1,6-18H2,2-5H3/t21-,22-,23+,24+,25-,26+,27-/m0/s1. The van der Waals surface area contributed by atoms with Crippen molar-refractivity contribution in [2.45, 2.75) is 84.3 Å². The van der Waals surface area contributed by atoms with Crippen LogP contribution in [0.1, 0.15) is 72.1 Å². The fourth-order valence-corrected chi connectivity index (χ4v) is 7.79. The molecule has 1 N–H and O–H groups in total. The van der Waals surface area contributed by atoms with Gasteiger partial charge in [0.05, 0.1) is 6.10 Å². The summed E-state index contributed by atoms with van der Waals surface area (Å²) in [5.74, 6) is 1.10. The van der Waals surface area contributed by atoms with Crippen LogP contribution in [0.15, 0.2) is 12.2 Å². The Morgan fingerprint density at radius 3 is 2.53 bits per heavy atom. The van der Waals surface area contributed by atoms with E-state index in [0.29, 0.717) is 17.8 Å². The first-order valence-electron chi connectivity index (χ1n) is 13.1. The van der Waals surface area contributed by atoms with Crippen molar-refractivity contribution in [2.24, 2.45) is 28.6 Å². The molecule has 3 aliphatic carbocycles. The summed E-state index contributed by atoms with van der Waals surface area (Å²) in [5.41, 5.74) is 1.57. The number of aliphatic hydroxyl groups is 1. The van der Waals surface area contributed by atoms with Crippen molar-refractivity contribution in [2.75, 3.05) is 39.8 Å². The first-order valence-corrected chi connectivity index (χ1v) is 13.1. The van der Waals surface area contributed by atoms with Crippen LogP contribution in [0, 0.1) is 28.6 Å². The van der Waals surface area contributed by atoms with Crippen molar-refractivity contribution < 1.29 is 14.6 Å². The Hall–Kier alpha value is -0.910. The molecule has 4 fully saturated rings. The van der Waals surface area contributed by atoms with Crippen LogP contribution in [0.25, 0.3) is 0 Å². The van der Waals surface area contributed by atoms with Crippen molar-refractivity contribution in [3.05, 3.63) is 12.2 Å². The maximum Gasteiger partial charge on any atom is 0.302 e. The van der Waals surface area contributed by atoms with Crippen LogP contribution in [0.3, 0.4) is 0 Å². The summed E-state index contributed by atoms with van der Waals surface area (Å²) in [6, 6.07) is 0. The van der Waals surface area contributed by atoms with Gasteiger partial charge in [-0.05, 0) is 81.7 Å². The predicted molar refractivity (Wildman–Crippen MR) is 128 cm³/mol. The molecular weight excluding hydrogens is 400 g/mol. The molecule has 0 bridgehead atoms. The maximum absolute atomic E-state index is 12.2. The van der Waals surface area contributed by atoms with Crippen molar-refractivity contribution in [3.63, 3.8) is 0 Å². The van der Waals surface area contributed by atoms with Crippen molar-refractivity contribution in [1.29, 1.82) is 0 Å². The van der Waals surface area contributed by atoms with E-state index in [9.17, 15) is 9.90 Å². The number of carbonyl (C=O) groups excluding carboxylic acids is 1. The van der Waals surface area contributed by atoms with Gasteiger partial charge >= 0.3 is 5.97 Å². The molecule has 5 nitrogen and oxygen atoms in total. The summed E-state index contributed by atoms with van der Waals surface area (Å²) in [6.45, 7) is 16.5. The second-order valence-corrected chi connectivity index (χ2v) is 11.9. The molecule has 7 atom stereocenters. The smallest absolute Gasteiger partial charge is 0.302 e. The molecule has 0 aromatic carbocycles. The van der Waals surface area contributed by atoms with E-state index in [1.54, 1.807) is 6.92 Å². The molecule has 0 aromatic heterocycles. The minimum Gasteiger partial charge on any atom is -0.462 e. The second kappa shape index (κ2) is 9.38. The van der Waals surface area contributed by atoms with Crippen LogP contribution < -0.4 is 0 Å². The monoisotopic (exact) mass is 446 g/mol. The van der Waals surface area contributed by atoms with Crippen molar-refractivity contribution in [3.8, 4) is 0 Å². The largest absolute Gasteiger partial charge is 0.462 e. The lowest BCUT2D eigenvalue weighted by Crippen LogP contribution is -2.54. The van der Waals surface area contributed by atoms with E-state index in [4.69, 9.17) is 4.74 Å². The number of likely N-dealkylation sites (N-methyl/N-ethyl adjacent to an activating group) is 1. The van der Waals surface area contributed by atoms with E-state index in [2.05, 4.69) is 37.3 Å². The Kier molecular flexibility index (Phi) is 7.10. The minimum absolute atomic E-state index is 0.0168. The summed E-state index contributed by atoms with van der Waals surface area (Å²) in [4.78, 5) is 17.2. The van der Waals surface area contributed by atoms with Crippen molar-refractivity contribution >= 4 is 5.97 Å². The van der Waals surface area contributed by atoms with E-state index in [0.717, 1.165) is 84.1 Å². The first kappa shape index (κ1) is 24.2. The number of ether oxygens (including phenoxy) is 1. The number of hydrogen-bond acceptors (Lipinski definition) is 5. The third kappa shape index (κ3) is 4.54. The Morgan fingerprint density at radius 2 is 1.84 bits per heavy atom. The molecule has 32 heavy (non-hydrogen) atoms. The quantitative estimate of drug-likeness (QED) is 0.509.